The van der Waals surface area contributed by atoms with Gasteiger partial charge in [-0.3, -0.25) is 0 Å². The third-order valence-electron chi connectivity index (χ3n) is 2.52. The van der Waals surface area contributed by atoms with Crippen LogP contribution < -0.4 is 4.74 Å². The van der Waals surface area contributed by atoms with Crippen molar-refractivity contribution in [2.45, 2.75) is 26.4 Å². The van der Waals surface area contributed by atoms with E-state index in [4.69, 9.17) is 4.74 Å². The van der Waals surface area contributed by atoms with Crippen LogP contribution in [0.15, 0.2) is 24.3 Å². The summed E-state index contributed by atoms with van der Waals surface area (Å²) in [6.07, 6.45) is 2.18. The van der Waals surface area contributed by atoms with Crippen LogP contribution in [0, 0.1) is 6.92 Å². The van der Waals surface area contributed by atoms with Crippen LogP contribution in [0.5, 0.6) is 5.75 Å². The summed E-state index contributed by atoms with van der Waals surface area (Å²) in [5, 5.41) is 0.871. The molecule has 0 aliphatic carbocycles. The van der Waals surface area contributed by atoms with Crippen molar-refractivity contribution < 1.29 is 4.74 Å². The van der Waals surface area contributed by atoms with Crippen LogP contribution >= 0.6 is 15.9 Å². The third kappa shape index (κ3) is 2.10. The standard InChI is InChI=1S/C13H15BrO/c1-9-4-5-12-11(6-9)10(8-14)7-13(2,3)15-12/h4-7H,8H2,1-3H3. The molecule has 0 saturated carbocycles. The summed E-state index contributed by atoms with van der Waals surface area (Å²) in [5.74, 6) is 0.988. The first-order valence-electron chi connectivity index (χ1n) is 5.09. The van der Waals surface area contributed by atoms with Crippen LogP contribution in [-0.4, -0.2) is 10.9 Å². The zero-order valence-electron chi connectivity index (χ0n) is 9.30. The molecule has 1 aromatic carbocycles. The number of rotatable bonds is 1. The summed E-state index contributed by atoms with van der Waals surface area (Å²) in [5.41, 5.74) is 3.59. The Morgan fingerprint density at radius 1 is 1.33 bits per heavy atom. The highest BCUT2D eigenvalue weighted by atomic mass is 79.9. The maximum absolute atomic E-state index is 5.91. The molecule has 0 fully saturated rings. The molecule has 0 spiro atoms. The first-order chi connectivity index (χ1) is 7.02. The number of allylic oxidation sites excluding steroid dienone is 1. The Morgan fingerprint density at radius 2 is 2.07 bits per heavy atom. The SMILES string of the molecule is Cc1ccc2c(c1)C(CBr)=CC(C)(C)O2. The van der Waals surface area contributed by atoms with E-state index in [0.717, 1.165) is 11.1 Å². The van der Waals surface area contributed by atoms with Crippen molar-refractivity contribution in [1.82, 2.24) is 0 Å². The number of benzene rings is 1. The molecule has 1 aliphatic heterocycles. The Balaban J connectivity index is 2.56. The van der Waals surface area contributed by atoms with Crippen molar-refractivity contribution in [1.29, 1.82) is 0 Å². The van der Waals surface area contributed by atoms with E-state index in [2.05, 4.69) is 61.0 Å². The summed E-state index contributed by atoms with van der Waals surface area (Å²) in [6.45, 7) is 6.27. The van der Waals surface area contributed by atoms with E-state index in [1.807, 2.05) is 0 Å². The summed E-state index contributed by atoms with van der Waals surface area (Å²) in [6, 6.07) is 6.33. The van der Waals surface area contributed by atoms with Crippen LogP contribution in [0.3, 0.4) is 0 Å². The molecule has 0 radical (unpaired) electrons. The van der Waals surface area contributed by atoms with Gasteiger partial charge >= 0.3 is 0 Å². The second-order valence-corrected chi connectivity index (χ2v) is 5.07. The molecule has 2 rings (SSSR count). The molecular formula is C13H15BrO. The fraction of sp³-hybridized carbons (Fsp3) is 0.385. The Morgan fingerprint density at radius 3 is 2.73 bits per heavy atom. The molecule has 1 aliphatic rings. The second kappa shape index (κ2) is 3.67. The highest BCUT2D eigenvalue weighted by molar-refractivity contribution is 9.09. The molecule has 0 bridgehead atoms. The van der Waals surface area contributed by atoms with E-state index in [9.17, 15) is 0 Å². The van der Waals surface area contributed by atoms with Gasteiger partial charge in [-0.25, -0.2) is 0 Å². The molecule has 0 unspecified atom stereocenters. The summed E-state index contributed by atoms with van der Waals surface area (Å²) >= 11 is 3.53. The predicted molar refractivity (Wildman–Crippen MR) is 67.7 cm³/mol. The Labute approximate surface area is 99.3 Å². The fourth-order valence-electron chi connectivity index (χ4n) is 1.90. The first kappa shape index (κ1) is 10.7. The molecule has 0 saturated heterocycles. The number of hydrogen-bond donors (Lipinski definition) is 0. The van der Waals surface area contributed by atoms with E-state index >= 15 is 0 Å². The van der Waals surface area contributed by atoms with Gasteiger partial charge in [-0.15, -0.1) is 0 Å². The van der Waals surface area contributed by atoms with Crippen LogP contribution in [0.2, 0.25) is 0 Å². The van der Waals surface area contributed by atoms with E-state index in [1.54, 1.807) is 0 Å². The maximum Gasteiger partial charge on any atom is 0.128 e. The molecule has 80 valence electrons. The largest absolute Gasteiger partial charge is 0.483 e. The molecule has 1 heterocycles. The third-order valence-corrected chi connectivity index (χ3v) is 3.12. The molecule has 1 aromatic rings. The first-order valence-corrected chi connectivity index (χ1v) is 6.22. The van der Waals surface area contributed by atoms with Crippen molar-refractivity contribution in [2.24, 2.45) is 0 Å². The van der Waals surface area contributed by atoms with Crippen molar-refractivity contribution in [2.75, 3.05) is 5.33 Å². The number of halogens is 1. The highest BCUT2D eigenvalue weighted by Gasteiger charge is 2.25. The van der Waals surface area contributed by atoms with Gasteiger partial charge < -0.3 is 4.74 Å². The average molecular weight is 267 g/mol. The fourth-order valence-corrected chi connectivity index (χ4v) is 2.37. The molecule has 15 heavy (non-hydrogen) atoms. The molecule has 0 N–H and O–H groups in total. The van der Waals surface area contributed by atoms with Crippen molar-refractivity contribution >= 4 is 21.5 Å². The number of fused-ring (bicyclic) bond motifs is 1. The van der Waals surface area contributed by atoms with Gasteiger partial charge in [-0.2, -0.15) is 0 Å². The zero-order valence-corrected chi connectivity index (χ0v) is 10.9. The molecular weight excluding hydrogens is 252 g/mol. The molecule has 0 aromatic heterocycles. The van der Waals surface area contributed by atoms with Crippen LogP contribution in [0.4, 0.5) is 0 Å². The topological polar surface area (TPSA) is 9.23 Å². The van der Waals surface area contributed by atoms with Gasteiger partial charge in [0.05, 0.1) is 0 Å². The van der Waals surface area contributed by atoms with Gasteiger partial charge in [0, 0.05) is 10.9 Å². The van der Waals surface area contributed by atoms with Gasteiger partial charge in [-0.1, -0.05) is 27.6 Å². The minimum atomic E-state index is -0.203. The van der Waals surface area contributed by atoms with E-state index in [1.165, 1.54) is 16.7 Å². The number of aryl methyl sites for hydroxylation is 1. The van der Waals surface area contributed by atoms with Gasteiger partial charge in [0.1, 0.15) is 11.4 Å². The van der Waals surface area contributed by atoms with Gasteiger partial charge in [0.15, 0.2) is 0 Å². The van der Waals surface area contributed by atoms with Gasteiger partial charge in [-0.05, 0) is 44.6 Å². The monoisotopic (exact) mass is 266 g/mol. The van der Waals surface area contributed by atoms with Crippen LogP contribution in [0.1, 0.15) is 25.0 Å². The van der Waals surface area contributed by atoms with E-state index < -0.39 is 0 Å². The zero-order chi connectivity index (χ0) is 11.1. The molecule has 2 heteroatoms. The van der Waals surface area contributed by atoms with E-state index in [-0.39, 0.29) is 5.60 Å². The predicted octanol–water partition coefficient (Wildman–Crippen LogP) is 3.94. The van der Waals surface area contributed by atoms with Crippen molar-refractivity contribution in [3.05, 3.63) is 35.4 Å². The number of hydrogen-bond acceptors (Lipinski definition) is 1. The molecule has 0 atom stereocenters. The smallest absolute Gasteiger partial charge is 0.128 e. The lowest BCUT2D eigenvalue weighted by molar-refractivity contribution is 0.158. The van der Waals surface area contributed by atoms with Gasteiger partial charge in [0.25, 0.3) is 0 Å². The van der Waals surface area contributed by atoms with E-state index in [0.29, 0.717) is 0 Å². The lowest BCUT2D eigenvalue weighted by Crippen LogP contribution is -2.29. The lowest BCUT2D eigenvalue weighted by Gasteiger charge is -2.30. The Bertz CT molecular complexity index is 419. The molecule has 1 nitrogen and oxygen atoms in total. The lowest BCUT2D eigenvalue weighted by atomic mass is 9.95. The van der Waals surface area contributed by atoms with Crippen molar-refractivity contribution in [3.8, 4) is 5.75 Å². The van der Waals surface area contributed by atoms with Crippen LogP contribution in [-0.2, 0) is 0 Å². The molecule has 0 amide bonds. The normalized spacial score (nSPS) is 17.7. The Kier molecular flexibility index (Phi) is 2.63. The quantitative estimate of drug-likeness (QED) is 0.700. The minimum absolute atomic E-state index is 0.203. The maximum atomic E-state index is 5.91. The highest BCUT2D eigenvalue weighted by Crippen LogP contribution is 2.37. The Hall–Kier alpha value is -0.760. The van der Waals surface area contributed by atoms with Crippen molar-refractivity contribution in [3.63, 3.8) is 0 Å². The summed E-state index contributed by atoms with van der Waals surface area (Å²) in [4.78, 5) is 0. The minimum Gasteiger partial charge on any atom is -0.483 e. The number of ether oxygens (including phenoxy) is 1. The average Bonchev–Trinajstić information content (AvgIpc) is 2.16. The van der Waals surface area contributed by atoms with Crippen LogP contribution in [0.25, 0.3) is 5.57 Å². The van der Waals surface area contributed by atoms with Gasteiger partial charge in [0.2, 0.25) is 0 Å². The summed E-state index contributed by atoms with van der Waals surface area (Å²) in [7, 11) is 0. The second-order valence-electron chi connectivity index (χ2n) is 4.51. The number of alkyl halides is 1. The summed E-state index contributed by atoms with van der Waals surface area (Å²) < 4.78 is 5.91.